The van der Waals surface area contributed by atoms with Crippen LogP contribution in [0.5, 0.6) is 0 Å². The summed E-state index contributed by atoms with van der Waals surface area (Å²) in [5, 5.41) is 2.27. The Balaban J connectivity index is 0.986. The summed E-state index contributed by atoms with van der Waals surface area (Å²) >= 11 is 0. The topological polar surface area (TPSA) is 16.4 Å². The van der Waals surface area contributed by atoms with Gasteiger partial charge in [0, 0.05) is 27.7 Å². The first kappa shape index (κ1) is 46.5. The van der Waals surface area contributed by atoms with Crippen LogP contribution in [0, 0.1) is 0 Å². The highest BCUT2D eigenvalue weighted by Crippen LogP contribution is 2.64. The number of furan rings is 1. The van der Waals surface area contributed by atoms with Gasteiger partial charge in [-0.25, -0.2) is 0 Å². The fraction of sp³-hybridized carbons (Fsp3) is 0.120. The van der Waals surface area contributed by atoms with Gasteiger partial charge in [0.2, 0.25) is 0 Å². The quantitative estimate of drug-likeness (QED) is 0.158. The van der Waals surface area contributed by atoms with Crippen molar-refractivity contribution in [2.75, 3.05) is 4.90 Å². The zero-order valence-corrected chi connectivity index (χ0v) is 44.5. The lowest BCUT2D eigenvalue weighted by Gasteiger charge is -2.33. The molecule has 0 N–H and O–H groups in total. The van der Waals surface area contributed by atoms with Crippen LogP contribution in [-0.4, -0.2) is 0 Å². The Labute approximate surface area is 452 Å². The van der Waals surface area contributed by atoms with Gasteiger partial charge in [0.1, 0.15) is 11.2 Å². The van der Waals surface area contributed by atoms with Crippen LogP contribution in [0.2, 0.25) is 0 Å². The van der Waals surface area contributed by atoms with Crippen molar-refractivity contribution in [3.05, 3.63) is 282 Å². The predicted molar refractivity (Wildman–Crippen MR) is 324 cm³/mol. The number of nitrogens with zero attached hydrogens (tertiary/aromatic N) is 1. The Morgan fingerprint density at radius 2 is 0.792 bits per heavy atom. The molecule has 0 unspecified atom stereocenters. The second-order valence-corrected chi connectivity index (χ2v) is 23.2. The standard InChI is InChI=1S/C75H59NO/c1-73(2,3)51-35-41-60-61-42-36-52(74(4,5)6)46-69(61)75(68(60)45-51)66-29-17-14-26-59(66)65-47-54(39-43-67(65)75)76(53-37-32-48(33-38-53)50-34-40-64-63-28-16-19-31-71(63)77-72(64)44-50)70-30-18-15-27-62(70)58-25-13-12-24-57(58)56-23-11-10-22-55(56)49-20-8-7-9-21-49/h7-47H,1-6H3. The summed E-state index contributed by atoms with van der Waals surface area (Å²) in [5.74, 6) is 0. The van der Waals surface area contributed by atoms with Gasteiger partial charge in [-0.15, -0.1) is 0 Å². The molecule has 2 aliphatic carbocycles. The molecule has 0 saturated heterocycles. The van der Waals surface area contributed by atoms with Crippen molar-refractivity contribution < 1.29 is 4.42 Å². The fourth-order valence-electron chi connectivity index (χ4n) is 12.8. The number of hydrogen-bond donors (Lipinski definition) is 0. The average molecular weight is 990 g/mol. The third kappa shape index (κ3) is 7.37. The SMILES string of the molecule is CC(C)(C)c1ccc2c(c1)C1(c3ccccc3-c3cc(N(c4ccc(-c5ccc6c(c5)oc5ccccc56)cc4)c4ccccc4-c4ccccc4-c4ccccc4-c4ccccc4)ccc31)c1cc(C(C)(C)C)ccc1-2. The Hall–Kier alpha value is -8.98. The number of hydrogen-bond acceptors (Lipinski definition) is 2. The molecule has 0 fully saturated rings. The second kappa shape index (κ2) is 17.5. The van der Waals surface area contributed by atoms with Crippen LogP contribution in [-0.2, 0) is 16.2 Å². The van der Waals surface area contributed by atoms with E-state index in [1.165, 1.54) is 83.5 Å². The van der Waals surface area contributed by atoms with Crippen LogP contribution in [0.3, 0.4) is 0 Å². The molecular weight excluding hydrogens is 931 g/mol. The van der Waals surface area contributed by atoms with E-state index in [0.29, 0.717) is 0 Å². The van der Waals surface area contributed by atoms with Gasteiger partial charge in [0.15, 0.2) is 0 Å². The minimum atomic E-state index is -0.506. The van der Waals surface area contributed by atoms with E-state index in [2.05, 4.69) is 283 Å². The van der Waals surface area contributed by atoms with Crippen LogP contribution in [0.1, 0.15) is 74.9 Å². The van der Waals surface area contributed by atoms with E-state index in [4.69, 9.17) is 4.42 Å². The average Bonchev–Trinajstić information content (AvgIpc) is 4.31. The number of anilines is 3. The van der Waals surface area contributed by atoms with Gasteiger partial charge in [0.05, 0.1) is 11.1 Å². The van der Waals surface area contributed by atoms with Crippen LogP contribution in [0.15, 0.2) is 253 Å². The zero-order valence-electron chi connectivity index (χ0n) is 44.5. The summed E-state index contributed by atoms with van der Waals surface area (Å²) in [7, 11) is 0. The van der Waals surface area contributed by atoms with Gasteiger partial charge < -0.3 is 9.32 Å². The van der Waals surface area contributed by atoms with Crippen molar-refractivity contribution in [1.29, 1.82) is 0 Å². The Bertz CT molecular complexity index is 4230. The maximum atomic E-state index is 6.39. The summed E-state index contributed by atoms with van der Waals surface area (Å²) in [6, 6.07) is 92.7. The molecular formula is C75H59NO. The first-order chi connectivity index (χ1) is 37.4. The molecule has 0 saturated carbocycles. The van der Waals surface area contributed by atoms with E-state index in [0.717, 1.165) is 55.7 Å². The Morgan fingerprint density at radius 3 is 1.47 bits per heavy atom. The zero-order chi connectivity index (χ0) is 52.2. The predicted octanol–water partition coefficient (Wildman–Crippen LogP) is 20.7. The highest BCUT2D eigenvalue weighted by Gasteiger charge is 2.52. The van der Waals surface area contributed by atoms with Gasteiger partial charge >= 0.3 is 0 Å². The van der Waals surface area contributed by atoms with Gasteiger partial charge in [-0.3, -0.25) is 0 Å². The number of rotatable bonds is 7. The van der Waals surface area contributed by atoms with E-state index < -0.39 is 5.41 Å². The molecule has 0 aliphatic heterocycles. The minimum Gasteiger partial charge on any atom is -0.456 e. The molecule has 1 spiro atoms. The fourth-order valence-corrected chi connectivity index (χ4v) is 12.8. The summed E-state index contributed by atoms with van der Waals surface area (Å²) < 4.78 is 6.39. The molecule has 14 rings (SSSR count). The van der Waals surface area contributed by atoms with Crippen LogP contribution in [0.25, 0.3) is 88.7 Å². The number of fused-ring (bicyclic) bond motifs is 13. The van der Waals surface area contributed by atoms with E-state index >= 15 is 0 Å². The van der Waals surface area contributed by atoms with Crippen molar-refractivity contribution in [3.63, 3.8) is 0 Å². The van der Waals surface area contributed by atoms with Gasteiger partial charge in [0.25, 0.3) is 0 Å². The third-order valence-electron chi connectivity index (χ3n) is 16.7. The van der Waals surface area contributed by atoms with E-state index in [9.17, 15) is 0 Å². The van der Waals surface area contributed by atoms with Crippen molar-refractivity contribution in [1.82, 2.24) is 0 Å². The van der Waals surface area contributed by atoms with Gasteiger partial charge in [-0.2, -0.15) is 0 Å². The number of benzene rings is 11. The summed E-state index contributed by atoms with van der Waals surface area (Å²) in [4.78, 5) is 2.49. The van der Waals surface area contributed by atoms with Crippen LogP contribution in [0.4, 0.5) is 17.1 Å². The van der Waals surface area contributed by atoms with Crippen molar-refractivity contribution >= 4 is 39.0 Å². The molecule has 2 aliphatic rings. The molecule has 77 heavy (non-hydrogen) atoms. The van der Waals surface area contributed by atoms with Crippen LogP contribution >= 0.6 is 0 Å². The second-order valence-electron chi connectivity index (χ2n) is 23.2. The molecule has 1 heterocycles. The normalized spacial score (nSPS) is 13.2. The lowest BCUT2D eigenvalue weighted by atomic mass is 9.69. The molecule has 370 valence electrons. The molecule has 2 nitrogen and oxygen atoms in total. The highest BCUT2D eigenvalue weighted by molar-refractivity contribution is 6.06. The summed E-state index contributed by atoms with van der Waals surface area (Å²) in [5.41, 5.74) is 27.1. The lowest BCUT2D eigenvalue weighted by Crippen LogP contribution is -2.27. The first-order valence-electron chi connectivity index (χ1n) is 27.2. The third-order valence-corrected chi connectivity index (χ3v) is 16.7. The molecule has 0 atom stereocenters. The minimum absolute atomic E-state index is 0.0295. The summed E-state index contributed by atoms with van der Waals surface area (Å²) in [6.45, 7) is 14.0. The Kier molecular flexibility index (Phi) is 10.6. The molecule has 1 aromatic heterocycles. The van der Waals surface area contributed by atoms with E-state index in [1.807, 2.05) is 12.1 Å². The maximum Gasteiger partial charge on any atom is 0.136 e. The smallest absolute Gasteiger partial charge is 0.136 e. The van der Waals surface area contributed by atoms with Crippen molar-refractivity contribution in [2.24, 2.45) is 0 Å². The van der Waals surface area contributed by atoms with Crippen molar-refractivity contribution in [3.8, 4) is 66.8 Å². The highest BCUT2D eigenvalue weighted by atomic mass is 16.3. The molecule has 12 aromatic rings. The summed E-state index contributed by atoms with van der Waals surface area (Å²) in [6.07, 6.45) is 0. The molecule has 11 aromatic carbocycles. The van der Waals surface area contributed by atoms with Gasteiger partial charge in [-0.05, 0) is 154 Å². The van der Waals surface area contributed by atoms with Gasteiger partial charge in [-0.1, -0.05) is 242 Å². The molecule has 0 bridgehead atoms. The molecule has 2 heteroatoms. The first-order valence-corrected chi connectivity index (χ1v) is 27.2. The monoisotopic (exact) mass is 989 g/mol. The van der Waals surface area contributed by atoms with Crippen molar-refractivity contribution in [2.45, 2.75) is 57.8 Å². The number of para-hydroxylation sites is 2. The molecule has 0 amide bonds. The maximum absolute atomic E-state index is 6.39. The Morgan fingerprint density at radius 1 is 0.299 bits per heavy atom. The molecule has 0 radical (unpaired) electrons. The largest absolute Gasteiger partial charge is 0.456 e. The van der Waals surface area contributed by atoms with Crippen LogP contribution < -0.4 is 4.90 Å². The van der Waals surface area contributed by atoms with E-state index in [-0.39, 0.29) is 10.8 Å². The van der Waals surface area contributed by atoms with E-state index in [1.54, 1.807) is 0 Å². The lowest BCUT2D eigenvalue weighted by molar-refractivity contribution is 0.586.